The van der Waals surface area contributed by atoms with Crippen LogP contribution in [0.1, 0.15) is 25.0 Å². The highest BCUT2D eigenvalue weighted by Gasteiger charge is 2.37. The molecule has 314 valence electrons. The van der Waals surface area contributed by atoms with Crippen molar-refractivity contribution in [3.05, 3.63) is 230 Å². The van der Waals surface area contributed by atoms with Crippen molar-refractivity contribution in [1.29, 1.82) is 0 Å². The molecule has 0 bridgehead atoms. The lowest BCUT2D eigenvalue weighted by atomic mass is 9.81. The first-order chi connectivity index (χ1) is 33.0. The number of nitrogens with zero attached hydrogens (tertiary/aromatic N) is 4. The maximum Gasteiger partial charge on any atom is 0.160 e. The van der Waals surface area contributed by atoms with Crippen molar-refractivity contribution in [2.24, 2.45) is 0 Å². The van der Waals surface area contributed by atoms with Crippen molar-refractivity contribution in [1.82, 2.24) is 19.1 Å². The van der Waals surface area contributed by atoms with Crippen LogP contribution in [-0.4, -0.2) is 19.1 Å². The van der Waals surface area contributed by atoms with Crippen LogP contribution in [0.4, 0.5) is 0 Å². The molecule has 1 aliphatic carbocycles. The minimum atomic E-state index is -0.196. The number of aromatic nitrogens is 4. The third-order valence-electron chi connectivity index (χ3n) is 14.5. The molecule has 67 heavy (non-hydrogen) atoms. The first-order valence-corrected chi connectivity index (χ1v) is 23.1. The molecule has 0 saturated heterocycles. The molecular weight excluding hydrogens is 813 g/mol. The van der Waals surface area contributed by atoms with E-state index in [2.05, 4.69) is 235 Å². The summed E-state index contributed by atoms with van der Waals surface area (Å²) in [5, 5.41) is 8.52. The van der Waals surface area contributed by atoms with E-state index in [0.29, 0.717) is 5.82 Å². The van der Waals surface area contributed by atoms with Gasteiger partial charge < -0.3 is 9.13 Å². The van der Waals surface area contributed by atoms with Crippen molar-refractivity contribution in [2.45, 2.75) is 19.3 Å². The molecule has 10 aromatic carbocycles. The van der Waals surface area contributed by atoms with Crippen LogP contribution in [0.3, 0.4) is 0 Å². The first-order valence-electron chi connectivity index (χ1n) is 23.1. The molecule has 0 spiro atoms. The third-order valence-corrected chi connectivity index (χ3v) is 14.5. The average Bonchev–Trinajstić information content (AvgIpc) is 3.96. The molecule has 4 heteroatoms. The van der Waals surface area contributed by atoms with E-state index >= 15 is 0 Å². The number of para-hydroxylation sites is 3. The highest BCUT2D eigenvalue weighted by molar-refractivity contribution is 6.14. The summed E-state index contributed by atoms with van der Waals surface area (Å²) in [6, 6.07) is 79.6. The molecule has 0 saturated carbocycles. The molecule has 1 aliphatic rings. The highest BCUT2D eigenvalue weighted by Crippen LogP contribution is 2.52. The molecule has 4 nitrogen and oxygen atoms in total. The Morgan fingerprint density at radius 2 is 0.896 bits per heavy atom. The predicted octanol–water partition coefficient (Wildman–Crippen LogP) is 16.3. The van der Waals surface area contributed by atoms with Gasteiger partial charge in [-0.05, 0) is 129 Å². The van der Waals surface area contributed by atoms with E-state index in [9.17, 15) is 0 Å². The second-order valence-corrected chi connectivity index (χ2v) is 18.6. The van der Waals surface area contributed by atoms with E-state index in [1.54, 1.807) is 0 Å². The minimum absolute atomic E-state index is 0.196. The lowest BCUT2D eigenvalue weighted by molar-refractivity contribution is 0.662. The van der Waals surface area contributed by atoms with Crippen LogP contribution >= 0.6 is 0 Å². The third kappa shape index (κ3) is 5.66. The maximum atomic E-state index is 5.28. The maximum absolute atomic E-state index is 5.28. The highest BCUT2D eigenvalue weighted by atomic mass is 15.0. The van der Waals surface area contributed by atoms with Gasteiger partial charge in [0.05, 0.1) is 33.3 Å². The second-order valence-electron chi connectivity index (χ2n) is 18.6. The predicted molar refractivity (Wildman–Crippen MR) is 280 cm³/mol. The fourth-order valence-corrected chi connectivity index (χ4v) is 11.2. The fourth-order valence-electron chi connectivity index (χ4n) is 11.2. The van der Waals surface area contributed by atoms with Gasteiger partial charge in [0.15, 0.2) is 5.82 Å². The van der Waals surface area contributed by atoms with Gasteiger partial charge in [0, 0.05) is 54.8 Å². The first kappa shape index (κ1) is 37.7. The summed E-state index contributed by atoms with van der Waals surface area (Å²) in [5.41, 5.74) is 18.4. The van der Waals surface area contributed by atoms with Crippen LogP contribution in [0.15, 0.2) is 218 Å². The van der Waals surface area contributed by atoms with Gasteiger partial charge in [-0.2, -0.15) is 0 Å². The van der Waals surface area contributed by atoms with Gasteiger partial charge >= 0.3 is 0 Å². The van der Waals surface area contributed by atoms with Crippen molar-refractivity contribution >= 4 is 65.3 Å². The summed E-state index contributed by atoms with van der Waals surface area (Å²) in [4.78, 5) is 10.5. The quantitative estimate of drug-likeness (QED) is 0.173. The number of rotatable bonds is 5. The zero-order chi connectivity index (χ0) is 44.4. The monoisotopic (exact) mass is 854 g/mol. The number of hydrogen-bond donors (Lipinski definition) is 0. The minimum Gasteiger partial charge on any atom is -0.309 e. The summed E-state index contributed by atoms with van der Waals surface area (Å²) in [6.45, 7) is 4.77. The standard InChI is InChI=1S/C63H42N4/c1-63(2)54-36-41-19-10-9-18-40(41)33-49(54)50-37-53-52-35-43(42-28-30-58-51(34-42)47-24-12-14-27-57(47)66(58)45-21-7-4-8-22-45)29-31-59(52)67(60(53)38-55(50)63)46-23-15-20-44(32-46)62-64-56-26-13-11-25-48(56)61(65-62)39-16-5-3-6-17-39/h3-38H,1-2H3. The van der Waals surface area contributed by atoms with Gasteiger partial charge in [-0.15, -0.1) is 0 Å². The van der Waals surface area contributed by atoms with Crippen LogP contribution in [0, 0.1) is 0 Å². The topological polar surface area (TPSA) is 35.6 Å². The Bertz CT molecular complexity index is 4170. The Morgan fingerprint density at radius 3 is 1.67 bits per heavy atom. The van der Waals surface area contributed by atoms with E-state index in [1.165, 1.54) is 82.2 Å². The van der Waals surface area contributed by atoms with E-state index < -0.39 is 0 Å². The van der Waals surface area contributed by atoms with Gasteiger partial charge in [0.25, 0.3) is 0 Å². The van der Waals surface area contributed by atoms with Crippen LogP contribution < -0.4 is 0 Å². The molecular formula is C63H42N4. The smallest absolute Gasteiger partial charge is 0.160 e. The van der Waals surface area contributed by atoms with Gasteiger partial charge in [-0.3, -0.25) is 0 Å². The van der Waals surface area contributed by atoms with Gasteiger partial charge in [-0.25, -0.2) is 9.97 Å². The van der Waals surface area contributed by atoms with Crippen molar-refractivity contribution < 1.29 is 0 Å². The SMILES string of the molecule is CC1(C)c2cc3ccccc3cc2-c2cc3c4cc(-c5ccc6c(c5)c5ccccc5n6-c5ccccc5)ccc4n(-c4cccc(-c5nc(-c6ccccc6)c6ccccc6n5)c4)c3cc21. The molecule has 0 N–H and O–H groups in total. The summed E-state index contributed by atoms with van der Waals surface area (Å²) in [7, 11) is 0. The van der Waals surface area contributed by atoms with Crippen molar-refractivity contribution in [3.63, 3.8) is 0 Å². The number of hydrogen-bond acceptors (Lipinski definition) is 2. The van der Waals surface area contributed by atoms with Gasteiger partial charge in [0.2, 0.25) is 0 Å². The number of benzene rings is 10. The molecule has 3 aromatic heterocycles. The van der Waals surface area contributed by atoms with Crippen LogP contribution in [0.25, 0.3) is 122 Å². The van der Waals surface area contributed by atoms with Gasteiger partial charge in [-0.1, -0.05) is 147 Å². The second kappa shape index (κ2) is 14.2. The van der Waals surface area contributed by atoms with Crippen LogP contribution in [-0.2, 0) is 5.41 Å². The van der Waals surface area contributed by atoms with Gasteiger partial charge in [0.1, 0.15) is 0 Å². The molecule has 3 heterocycles. The summed E-state index contributed by atoms with van der Waals surface area (Å²) < 4.78 is 4.84. The Hall–Kier alpha value is -8.60. The zero-order valence-electron chi connectivity index (χ0n) is 37.1. The zero-order valence-corrected chi connectivity index (χ0v) is 37.1. The summed E-state index contributed by atoms with van der Waals surface area (Å²) in [5.74, 6) is 0.705. The van der Waals surface area contributed by atoms with Crippen LogP contribution in [0.5, 0.6) is 0 Å². The van der Waals surface area contributed by atoms with Crippen molar-refractivity contribution in [2.75, 3.05) is 0 Å². The Kier molecular flexibility index (Phi) is 8.00. The molecule has 0 radical (unpaired) electrons. The lowest BCUT2D eigenvalue weighted by Crippen LogP contribution is -2.15. The van der Waals surface area contributed by atoms with Crippen molar-refractivity contribution in [3.8, 4) is 56.3 Å². The Balaban J connectivity index is 0.996. The number of fused-ring (bicyclic) bond motifs is 11. The van der Waals surface area contributed by atoms with E-state index in [1.807, 2.05) is 6.07 Å². The molecule has 13 aromatic rings. The lowest BCUT2D eigenvalue weighted by Gasteiger charge is -2.22. The molecule has 0 amide bonds. The largest absolute Gasteiger partial charge is 0.309 e. The van der Waals surface area contributed by atoms with E-state index in [0.717, 1.165) is 44.6 Å². The normalized spacial score (nSPS) is 13.0. The molecule has 0 unspecified atom stereocenters. The summed E-state index contributed by atoms with van der Waals surface area (Å²) in [6.07, 6.45) is 0. The molecule has 0 aliphatic heterocycles. The Labute approximate surface area is 387 Å². The summed E-state index contributed by atoms with van der Waals surface area (Å²) >= 11 is 0. The molecule has 14 rings (SSSR count). The van der Waals surface area contributed by atoms with Crippen LogP contribution in [0.2, 0.25) is 0 Å². The fraction of sp³-hybridized carbons (Fsp3) is 0.0476. The van der Waals surface area contributed by atoms with E-state index in [-0.39, 0.29) is 5.41 Å². The Morgan fingerprint density at radius 1 is 0.343 bits per heavy atom. The van der Waals surface area contributed by atoms with E-state index in [4.69, 9.17) is 9.97 Å². The molecule has 0 atom stereocenters. The average molecular weight is 855 g/mol. The molecule has 0 fully saturated rings.